The van der Waals surface area contributed by atoms with Crippen molar-refractivity contribution >= 4 is 16.1 Å². The lowest BCUT2D eigenvalue weighted by molar-refractivity contribution is -0.132. The van der Waals surface area contributed by atoms with E-state index in [-0.39, 0.29) is 11.3 Å². The van der Waals surface area contributed by atoms with Crippen molar-refractivity contribution in [2.45, 2.75) is 13.8 Å². The number of carbonyl (C=O) groups is 1. The van der Waals surface area contributed by atoms with Crippen LogP contribution in [0.1, 0.15) is 13.8 Å². The largest absolute Gasteiger partial charge is 0.478 e. The topological polar surface area (TPSA) is 104 Å². The Labute approximate surface area is 90.8 Å². The van der Waals surface area contributed by atoms with Gasteiger partial charge < -0.3 is 10.4 Å². The summed E-state index contributed by atoms with van der Waals surface area (Å²) in [5.41, 5.74) is 0.176. The van der Waals surface area contributed by atoms with Crippen LogP contribution in [0.4, 0.5) is 0 Å². The van der Waals surface area contributed by atoms with Crippen LogP contribution >= 0.6 is 0 Å². The molecular formula is C8H19NO5S. The van der Waals surface area contributed by atoms with Gasteiger partial charge in [0.05, 0.1) is 5.75 Å². The second-order valence-corrected chi connectivity index (χ2v) is 4.20. The Bertz CT molecular complexity index is 259. The minimum atomic E-state index is -3.66. The molecule has 0 amide bonds. The maximum atomic E-state index is 9.60. The molecule has 0 aromatic rings. The van der Waals surface area contributed by atoms with Crippen molar-refractivity contribution in [3.05, 3.63) is 12.2 Å². The van der Waals surface area contributed by atoms with E-state index in [0.717, 1.165) is 0 Å². The molecule has 0 aliphatic rings. The normalized spacial score (nSPS) is 8.87. The van der Waals surface area contributed by atoms with Crippen molar-refractivity contribution in [3.8, 4) is 0 Å². The Kier molecular flexibility index (Phi) is 14.6. The minimum Gasteiger partial charge on any atom is -0.478 e. The first-order valence-electron chi connectivity index (χ1n) is 4.04. The lowest BCUT2D eigenvalue weighted by Gasteiger charge is -1.79. The summed E-state index contributed by atoms with van der Waals surface area (Å²) in [5.74, 6) is -1.14. The molecule has 15 heavy (non-hydrogen) atoms. The molecule has 0 rings (SSSR count). The van der Waals surface area contributed by atoms with Gasteiger partial charge in [0.15, 0.2) is 0 Å². The van der Waals surface area contributed by atoms with Gasteiger partial charge in [0.2, 0.25) is 0 Å². The Morgan fingerprint density at radius 2 is 1.53 bits per heavy atom. The highest BCUT2D eigenvalue weighted by Crippen LogP contribution is 1.81. The van der Waals surface area contributed by atoms with E-state index in [1.165, 1.54) is 13.8 Å². The maximum Gasteiger partial charge on any atom is 0.330 e. The molecule has 0 aromatic heterocycles. The quantitative estimate of drug-likeness (QED) is 0.477. The smallest absolute Gasteiger partial charge is 0.330 e. The summed E-state index contributed by atoms with van der Waals surface area (Å²) < 4.78 is 26.9. The van der Waals surface area contributed by atoms with Gasteiger partial charge >= 0.3 is 5.97 Å². The third-order valence-corrected chi connectivity index (χ3v) is 1.46. The standard InChI is InChI=1S/C4H6O2.C2H7N.C2H6O3S/c1-3(2)4(5)6;1-3-2;1-2-6(3,4)5/h1H2,2H3,(H,5,6);3H,1-2H3;2H2,1H3,(H,3,4,5). The molecule has 0 aliphatic heterocycles. The van der Waals surface area contributed by atoms with Gasteiger partial charge in [-0.3, -0.25) is 4.55 Å². The Morgan fingerprint density at radius 1 is 1.40 bits per heavy atom. The van der Waals surface area contributed by atoms with Crippen LogP contribution in [0.15, 0.2) is 12.2 Å². The molecule has 7 heteroatoms. The van der Waals surface area contributed by atoms with Gasteiger partial charge in [0.1, 0.15) is 0 Å². The van der Waals surface area contributed by atoms with Crippen molar-refractivity contribution in [1.29, 1.82) is 0 Å². The zero-order valence-electron chi connectivity index (χ0n) is 9.44. The number of hydrogen-bond donors (Lipinski definition) is 3. The van der Waals surface area contributed by atoms with Gasteiger partial charge in [-0.25, -0.2) is 4.79 Å². The summed E-state index contributed by atoms with van der Waals surface area (Å²) in [6.45, 7) is 5.97. The molecule has 0 radical (unpaired) electrons. The summed E-state index contributed by atoms with van der Waals surface area (Å²) in [5, 5.41) is 10.6. The van der Waals surface area contributed by atoms with E-state index in [0.29, 0.717) is 0 Å². The summed E-state index contributed by atoms with van der Waals surface area (Å²) in [4.78, 5) is 9.60. The molecule has 0 bridgehead atoms. The molecule has 0 aromatic carbocycles. The van der Waals surface area contributed by atoms with E-state index in [9.17, 15) is 13.2 Å². The number of nitrogens with one attached hydrogen (secondary N) is 1. The SMILES string of the molecule is C=C(C)C(=O)O.CCS(=O)(=O)O.CNC. The number of hydrogen-bond acceptors (Lipinski definition) is 4. The van der Waals surface area contributed by atoms with E-state index in [1.54, 1.807) is 0 Å². The van der Waals surface area contributed by atoms with Crippen LogP contribution < -0.4 is 5.32 Å². The fourth-order valence-corrected chi connectivity index (χ4v) is 0. The third kappa shape index (κ3) is 43.4. The first-order chi connectivity index (χ1) is 6.62. The Balaban J connectivity index is -0.000000153. The van der Waals surface area contributed by atoms with Crippen LogP contribution in [-0.2, 0) is 14.9 Å². The second kappa shape index (κ2) is 11.2. The number of carboxylic acid groups (broad SMARTS) is 1. The Morgan fingerprint density at radius 3 is 1.53 bits per heavy atom. The first-order valence-corrected chi connectivity index (χ1v) is 5.65. The van der Waals surface area contributed by atoms with E-state index >= 15 is 0 Å². The van der Waals surface area contributed by atoms with Gasteiger partial charge in [-0.05, 0) is 27.9 Å². The van der Waals surface area contributed by atoms with Gasteiger partial charge in [0, 0.05) is 5.57 Å². The monoisotopic (exact) mass is 241 g/mol. The number of rotatable bonds is 2. The Hall–Kier alpha value is -0.920. The second-order valence-electron chi connectivity index (χ2n) is 2.46. The van der Waals surface area contributed by atoms with Crippen molar-refractivity contribution in [1.82, 2.24) is 5.32 Å². The molecule has 0 saturated heterocycles. The lowest BCUT2D eigenvalue weighted by atomic mass is 10.4. The fourth-order valence-electron chi connectivity index (χ4n) is 0. The summed E-state index contributed by atoms with van der Waals surface area (Å²) in [6.07, 6.45) is 0. The molecular weight excluding hydrogens is 222 g/mol. The van der Waals surface area contributed by atoms with Crippen LogP contribution in [0.2, 0.25) is 0 Å². The molecule has 6 nitrogen and oxygen atoms in total. The number of aliphatic carboxylic acids is 1. The van der Waals surface area contributed by atoms with Crippen LogP contribution in [0.25, 0.3) is 0 Å². The summed E-state index contributed by atoms with van der Waals surface area (Å²) >= 11 is 0. The molecule has 0 unspecified atom stereocenters. The minimum absolute atomic E-state index is 0.176. The zero-order valence-corrected chi connectivity index (χ0v) is 10.3. The van der Waals surface area contributed by atoms with Gasteiger partial charge in [-0.15, -0.1) is 0 Å². The molecule has 0 atom stereocenters. The maximum absolute atomic E-state index is 9.60. The van der Waals surface area contributed by atoms with E-state index in [2.05, 4.69) is 11.9 Å². The predicted molar refractivity (Wildman–Crippen MR) is 59.5 cm³/mol. The molecule has 0 saturated carbocycles. The molecule has 0 aliphatic carbocycles. The average molecular weight is 241 g/mol. The first kappa shape index (κ1) is 19.6. The fraction of sp³-hybridized carbons (Fsp3) is 0.625. The highest BCUT2D eigenvalue weighted by Gasteiger charge is 1.93. The van der Waals surface area contributed by atoms with Crippen LogP contribution in [0.3, 0.4) is 0 Å². The van der Waals surface area contributed by atoms with Crippen molar-refractivity contribution < 1.29 is 22.9 Å². The van der Waals surface area contributed by atoms with E-state index < -0.39 is 16.1 Å². The van der Waals surface area contributed by atoms with Crippen LogP contribution in [-0.4, -0.2) is 43.9 Å². The van der Waals surface area contributed by atoms with Crippen LogP contribution in [0.5, 0.6) is 0 Å². The molecule has 0 fully saturated rings. The predicted octanol–water partition coefficient (Wildman–Crippen LogP) is 0.377. The zero-order chi connectivity index (χ0) is 13.1. The van der Waals surface area contributed by atoms with Crippen molar-refractivity contribution in [2.24, 2.45) is 0 Å². The van der Waals surface area contributed by atoms with Crippen molar-refractivity contribution in [2.75, 3.05) is 19.8 Å². The van der Waals surface area contributed by atoms with E-state index in [1.807, 2.05) is 14.1 Å². The number of carboxylic acids is 1. The third-order valence-electron chi connectivity index (χ3n) is 0.730. The summed E-state index contributed by atoms with van der Waals surface area (Å²) in [6, 6.07) is 0. The molecule has 3 N–H and O–H groups in total. The van der Waals surface area contributed by atoms with E-state index in [4.69, 9.17) is 9.66 Å². The molecule has 0 spiro atoms. The lowest BCUT2D eigenvalue weighted by Crippen LogP contribution is -1.97. The highest BCUT2D eigenvalue weighted by molar-refractivity contribution is 7.85. The highest BCUT2D eigenvalue weighted by atomic mass is 32.2. The van der Waals surface area contributed by atoms with Crippen molar-refractivity contribution in [3.63, 3.8) is 0 Å². The van der Waals surface area contributed by atoms with Crippen LogP contribution in [0, 0.1) is 0 Å². The van der Waals surface area contributed by atoms with Gasteiger partial charge in [0.25, 0.3) is 10.1 Å². The summed E-state index contributed by atoms with van der Waals surface area (Å²) in [7, 11) is 0.0880. The van der Waals surface area contributed by atoms with Gasteiger partial charge in [-0.2, -0.15) is 8.42 Å². The average Bonchev–Trinajstić information content (AvgIpc) is 2.05. The van der Waals surface area contributed by atoms with Gasteiger partial charge in [-0.1, -0.05) is 6.58 Å². The molecule has 92 valence electrons. The molecule has 0 heterocycles.